The Bertz CT molecular complexity index is 650. The molecule has 0 atom stereocenters. The summed E-state index contributed by atoms with van der Waals surface area (Å²) in [6.07, 6.45) is 2.99. The number of nitrogens with zero attached hydrogens (tertiary/aromatic N) is 3. The van der Waals surface area contributed by atoms with Crippen molar-refractivity contribution in [2.45, 2.75) is 0 Å². The predicted octanol–water partition coefficient (Wildman–Crippen LogP) is 2.91. The van der Waals surface area contributed by atoms with Crippen LogP contribution < -0.4 is 4.74 Å². The van der Waals surface area contributed by atoms with Crippen molar-refractivity contribution in [3.8, 4) is 11.6 Å². The minimum atomic E-state index is 0.467. The molecule has 0 aliphatic heterocycles. The maximum Gasteiger partial charge on any atom is 0.248 e. The van der Waals surface area contributed by atoms with Crippen LogP contribution in [0.4, 0.5) is 0 Å². The molecule has 0 fully saturated rings. The minimum Gasteiger partial charge on any atom is -0.437 e. The Hall–Kier alpha value is -1.95. The molecule has 0 amide bonds. The molecule has 0 aliphatic carbocycles. The second-order valence-corrected chi connectivity index (χ2v) is 4.25. The molecule has 0 bridgehead atoms. The topological polar surface area (TPSA) is 63.7 Å². The van der Waals surface area contributed by atoms with Crippen LogP contribution in [0.1, 0.15) is 0 Å². The Morgan fingerprint density at radius 2 is 1.88 bits per heavy atom. The Kier molecular flexibility index (Phi) is 2.49. The van der Waals surface area contributed by atoms with E-state index >= 15 is 0 Å². The van der Waals surface area contributed by atoms with Gasteiger partial charge >= 0.3 is 0 Å². The summed E-state index contributed by atoms with van der Waals surface area (Å²) in [5.41, 5.74) is 1.28. The van der Waals surface area contributed by atoms with E-state index in [0.717, 1.165) is 4.47 Å². The van der Waals surface area contributed by atoms with Crippen molar-refractivity contribution in [1.29, 1.82) is 0 Å². The van der Waals surface area contributed by atoms with E-state index in [9.17, 15) is 0 Å². The average Bonchev–Trinajstić information content (AvgIpc) is 2.81. The first-order valence-electron chi connectivity index (χ1n) is 4.90. The third-order valence-electron chi connectivity index (χ3n) is 2.22. The lowest BCUT2D eigenvalue weighted by Crippen LogP contribution is -1.90. The normalized spacial score (nSPS) is 10.6. The van der Waals surface area contributed by atoms with Gasteiger partial charge in [-0.3, -0.25) is 0 Å². The van der Waals surface area contributed by atoms with Crippen LogP contribution >= 0.6 is 15.9 Å². The van der Waals surface area contributed by atoms with Crippen LogP contribution in [0.15, 0.2) is 41.4 Å². The summed E-state index contributed by atoms with van der Waals surface area (Å²) in [7, 11) is 0. The van der Waals surface area contributed by atoms with Crippen LogP contribution in [-0.2, 0) is 0 Å². The van der Waals surface area contributed by atoms with Crippen LogP contribution in [0.3, 0.4) is 0 Å². The number of aromatic amines is 1. The quantitative estimate of drug-likeness (QED) is 0.788. The predicted molar refractivity (Wildman–Crippen MR) is 65.9 cm³/mol. The van der Waals surface area contributed by atoms with E-state index in [-0.39, 0.29) is 0 Å². The molecule has 5 nitrogen and oxygen atoms in total. The second-order valence-electron chi connectivity index (χ2n) is 3.34. The van der Waals surface area contributed by atoms with E-state index in [1.807, 2.05) is 24.3 Å². The molecule has 2 aromatic heterocycles. The molecule has 6 heteroatoms. The molecule has 0 saturated carbocycles. The first-order chi connectivity index (χ1) is 8.33. The van der Waals surface area contributed by atoms with E-state index in [1.165, 1.54) is 6.33 Å². The molecule has 0 spiro atoms. The van der Waals surface area contributed by atoms with Crippen molar-refractivity contribution in [3.05, 3.63) is 41.4 Å². The molecule has 0 unspecified atom stereocenters. The maximum atomic E-state index is 5.66. The number of nitrogens with one attached hydrogen (secondary N) is 1. The number of rotatable bonds is 2. The Balaban J connectivity index is 1.99. The Labute approximate surface area is 105 Å². The lowest BCUT2D eigenvalue weighted by molar-refractivity contribution is 0.467. The van der Waals surface area contributed by atoms with Gasteiger partial charge in [0.15, 0.2) is 5.65 Å². The number of aromatic nitrogens is 4. The van der Waals surface area contributed by atoms with E-state index in [1.54, 1.807) is 6.33 Å². The summed E-state index contributed by atoms with van der Waals surface area (Å²) in [6.45, 7) is 0. The van der Waals surface area contributed by atoms with Gasteiger partial charge in [0.1, 0.15) is 17.6 Å². The van der Waals surface area contributed by atoms with Gasteiger partial charge in [0.2, 0.25) is 5.88 Å². The van der Waals surface area contributed by atoms with Crippen LogP contribution in [0.25, 0.3) is 11.2 Å². The Morgan fingerprint density at radius 3 is 2.71 bits per heavy atom. The van der Waals surface area contributed by atoms with Gasteiger partial charge in [-0.15, -0.1) is 0 Å². The third-order valence-corrected chi connectivity index (χ3v) is 2.75. The van der Waals surface area contributed by atoms with E-state index in [2.05, 4.69) is 35.9 Å². The first-order valence-corrected chi connectivity index (χ1v) is 5.70. The van der Waals surface area contributed by atoms with Gasteiger partial charge < -0.3 is 9.72 Å². The zero-order chi connectivity index (χ0) is 11.7. The van der Waals surface area contributed by atoms with E-state index in [4.69, 9.17) is 4.74 Å². The summed E-state index contributed by atoms with van der Waals surface area (Å²) >= 11 is 3.37. The summed E-state index contributed by atoms with van der Waals surface area (Å²) < 4.78 is 6.66. The van der Waals surface area contributed by atoms with E-state index in [0.29, 0.717) is 22.8 Å². The standard InChI is InChI=1S/C11H7BrN4O/c12-7-1-3-8(4-2-7)17-11-9-10(14-5-13-9)15-6-16-11/h1-6H,(H,13,14,15,16). The van der Waals surface area contributed by atoms with Crippen LogP contribution in [0.2, 0.25) is 0 Å². The van der Waals surface area contributed by atoms with Crippen LogP contribution in [0, 0.1) is 0 Å². The minimum absolute atomic E-state index is 0.467. The SMILES string of the molecule is Brc1ccc(Oc2ncnc3nc[nH]c23)cc1. The summed E-state index contributed by atoms with van der Waals surface area (Å²) in [5, 5.41) is 0. The smallest absolute Gasteiger partial charge is 0.248 e. The van der Waals surface area contributed by atoms with Gasteiger partial charge in [-0.1, -0.05) is 15.9 Å². The van der Waals surface area contributed by atoms with Crippen molar-refractivity contribution in [2.75, 3.05) is 0 Å². The molecule has 0 radical (unpaired) electrons. The molecule has 2 heterocycles. The fourth-order valence-corrected chi connectivity index (χ4v) is 1.70. The molecule has 17 heavy (non-hydrogen) atoms. The van der Waals surface area contributed by atoms with Crippen LogP contribution in [0.5, 0.6) is 11.6 Å². The monoisotopic (exact) mass is 290 g/mol. The first kappa shape index (κ1) is 10.2. The average molecular weight is 291 g/mol. The molecule has 3 aromatic rings. The number of imidazole rings is 1. The maximum absolute atomic E-state index is 5.66. The van der Waals surface area contributed by atoms with E-state index < -0.39 is 0 Å². The van der Waals surface area contributed by atoms with Gasteiger partial charge in [0.05, 0.1) is 6.33 Å². The molecule has 1 aromatic carbocycles. The van der Waals surface area contributed by atoms with Crippen LogP contribution in [-0.4, -0.2) is 19.9 Å². The molecule has 84 valence electrons. The fourth-order valence-electron chi connectivity index (χ4n) is 1.43. The second kappa shape index (κ2) is 4.14. The number of benzene rings is 1. The van der Waals surface area contributed by atoms with Crippen molar-refractivity contribution >= 4 is 27.1 Å². The number of hydrogen-bond acceptors (Lipinski definition) is 4. The molecule has 0 saturated heterocycles. The van der Waals surface area contributed by atoms with Gasteiger partial charge in [-0.25, -0.2) is 9.97 Å². The van der Waals surface area contributed by atoms with Gasteiger partial charge in [-0.05, 0) is 24.3 Å². The van der Waals surface area contributed by atoms with Crippen molar-refractivity contribution in [1.82, 2.24) is 19.9 Å². The molecule has 1 N–H and O–H groups in total. The summed E-state index contributed by atoms with van der Waals surface area (Å²) in [4.78, 5) is 15.1. The summed E-state index contributed by atoms with van der Waals surface area (Å²) in [5.74, 6) is 1.18. The number of H-pyrrole nitrogens is 1. The largest absolute Gasteiger partial charge is 0.437 e. The number of hydrogen-bond donors (Lipinski definition) is 1. The molecule has 3 rings (SSSR count). The number of halogens is 1. The Morgan fingerprint density at radius 1 is 1.06 bits per heavy atom. The fraction of sp³-hybridized carbons (Fsp3) is 0. The molecular formula is C11H7BrN4O. The highest BCUT2D eigenvalue weighted by molar-refractivity contribution is 9.10. The summed E-state index contributed by atoms with van der Waals surface area (Å²) in [6, 6.07) is 7.52. The molecular weight excluding hydrogens is 284 g/mol. The van der Waals surface area contributed by atoms with Gasteiger partial charge in [0.25, 0.3) is 0 Å². The number of fused-ring (bicyclic) bond motifs is 1. The lowest BCUT2D eigenvalue weighted by atomic mass is 10.3. The zero-order valence-electron chi connectivity index (χ0n) is 8.59. The highest BCUT2D eigenvalue weighted by Gasteiger charge is 2.07. The zero-order valence-corrected chi connectivity index (χ0v) is 10.2. The highest BCUT2D eigenvalue weighted by Crippen LogP contribution is 2.25. The van der Waals surface area contributed by atoms with Gasteiger partial charge in [-0.2, -0.15) is 4.98 Å². The third kappa shape index (κ3) is 1.99. The highest BCUT2D eigenvalue weighted by atomic mass is 79.9. The number of ether oxygens (including phenoxy) is 1. The lowest BCUT2D eigenvalue weighted by Gasteiger charge is -2.04. The molecule has 0 aliphatic rings. The van der Waals surface area contributed by atoms with Crippen molar-refractivity contribution in [2.24, 2.45) is 0 Å². The van der Waals surface area contributed by atoms with Crippen molar-refractivity contribution < 1.29 is 4.74 Å². The van der Waals surface area contributed by atoms with Gasteiger partial charge in [0, 0.05) is 4.47 Å². The van der Waals surface area contributed by atoms with Crippen molar-refractivity contribution in [3.63, 3.8) is 0 Å².